The Morgan fingerprint density at radius 1 is 1.17 bits per heavy atom. The maximum Gasteiger partial charge on any atom is 0.753 e. The fraction of sp³-hybridized carbons (Fsp3) is 1.00. The third-order valence-electron chi connectivity index (χ3n) is 0.621. The van der Waals surface area contributed by atoms with Crippen molar-refractivity contribution in [2.45, 2.75) is 12.9 Å². The minimum atomic E-state index is -2.53. The Morgan fingerprint density at radius 2 is 1.50 bits per heavy atom. The van der Waals surface area contributed by atoms with E-state index in [0.717, 1.165) is 6.92 Å². The molecular weight excluding hydrogens is 228 g/mol. The summed E-state index contributed by atoms with van der Waals surface area (Å²) in [6, 6.07) is 0. The first kappa shape index (κ1) is 16.5. The summed E-state index contributed by atoms with van der Waals surface area (Å²) >= 11 is 0. The van der Waals surface area contributed by atoms with Crippen molar-refractivity contribution >= 4 is 75.6 Å². The van der Waals surface area contributed by atoms with Crippen LogP contribution in [-0.2, 0) is 22.5 Å². The normalized spacial score (nSPS) is 34.8. The quantitative estimate of drug-likeness (QED) is 0.476. The molecule has 2 atom stereocenters. The van der Waals surface area contributed by atoms with E-state index in [2.05, 4.69) is 13.4 Å². The van der Waals surface area contributed by atoms with Crippen molar-refractivity contribution in [1.82, 2.24) is 0 Å². The van der Waals surface area contributed by atoms with Gasteiger partial charge in [-0.15, -0.1) is 0 Å². The molecule has 58 valence electrons. The zero-order valence-electron chi connectivity index (χ0n) is 6.88. The average molecular weight is 232 g/mol. The van der Waals surface area contributed by atoms with Gasteiger partial charge in [0.15, 0.2) is 4.31 Å². The smallest absolute Gasteiger partial charge is 0.337 e. The van der Waals surface area contributed by atoms with Gasteiger partial charge in [-0.3, -0.25) is 0 Å². The summed E-state index contributed by atoms with van der Waals surface area (Å²) in [6.07, 6.45) is 0. The second-order valence-corrected chi connectivity index (χ2v) is 3.52. The summed E-state index contributed by atoms with van der Waals surface area (Å²) in [6.45, 7) is 1.07. The minimum Gasteiger partial charge on any atom is -0.337 e. The fourth-order valence-corrected chi connectivity index (χ4v) is 1.77. The molecule has 0 spiro atoms. The number of hydrogen-bond donors (Lipinski definition) is 1. The van der Waals surface area contributed by atoms with Crippen molar-refractivity contribution in [1.29, 1.82) is 0 Å². The van der Waals surface area contributed by atoms with E-state index < -0.39 is 22.5 Å². The van der Waals surface area contributed by atoms with Crippen LogP contribution < -0.4 is 0 Å². The summed E-state index contributed by atoms with van der Waals surface area (Å²) in [5.74, 6) is -2.07. The molecule has 12 heavy (non-hydrogen) atoms. The van der Waals surface area contributed by atoms with Crippen LogP contribution in [0.2, 0.25) is 0 Å². The van der Waals surface area contributed by atoms with E-state index in [1.807, 2.05) is 0 Å². The van der Waals surface area contributed by atoms with E-state index in [1.54, 1.807) is 0 Å². The Bertz CT molecular complexity index is 176. The van der Waals surface area contributed by atoms with E-state index >= 15 is 0 Å². The van der Waals surface area contributed by atoms with Crippen LogP contribution in [0.4, 0.5) is 0 Å². The Balaban J connectivity index is 0. The van der Waals surface area contributed by atoms with Gasteiger partial charge in [0, 0.05) is 75.2 Å². The molecule has 0 amide bonds. The molecule has 1 aliphatic heterocycles. The molecule has 1 heterocycles. The van der Waals surface area contributed by atoms with E-state index in [1.165, 1.54) is 0 Å². The Morgan fingerprint density at radius 3 is 1.75 bits per heavy atom. The van der Waals surface area contributed by atoms with Crippen molar-refractivity contribution in [3.8, 4) is 0 Å². The molecule has 6 nitrogen and oxygen atoms in total. The van der Waals surface area contributed by atoms with Crippen LogP contribution in [0, 0.1) is 0 Å². The molecule has 0 saturated carbocycles. The van der Waals surface area contributed by atoms with Crippen molar-refractivity contribution in [3.63, 3.8) is 0 Å². The molecule has 0 bridgehead atoms. The van der Waals surface area contributed by atoms with E-state index in [4.69, 9.17) is 5.11 Å². The van der Waals surface area contributed by atoms with Crippen molar-refractivity contribution in [2.75, 3.05) is 0 Å². The van der Waals surface area contributed by atoms with Gasteiger partial charge in [-0.2, -0.15) is 0 Å². The molecule has 2 unspecified atom stereocenters. The molecule has 0 aromatic carbocycles. The monoisotopic (exact) mass is 232 g/mol. The van der Waals surface area contributed by atoms with E-state index in [9.17, 15) is 9.13 Å². The maximum atomic E-state index is 10.4. The summed E-state index contributed by atoms with van der Waals surface area (Å²) in [7, 11) is -5.06. The Kier molecular flexibility index (Phi) is 8.93. The van der Waals surface area contributed by atoms with Crippen LogP contribution in [0.1, 0.15) is 6.92 Å². The van der Waals surface area contributed by atoms with Gasteiger partial charge < -0.3 is 5.11 Å². The first-order chi connectivity index (χ1) is 4.49. The molecule has 2 radical (unpaired) electrons. The van der Waals surface area contributed by atoms with E-state index in [0.29, 0.717) is 0 Å². The van der Waals surface area contributed by atoms with Crippen LogP contribution in [0.5, 0.6) is 0 Å². The molecule has 1 saturated heterocycles. The van der Waals surface area contributed by atoms with Gasteiger partial charge in [-0.05, 0) is 9.05 Å². The zero-order chi connectivity index (χ0) is 7.78. The van der Waals surface area contributed by atoms with Gasteiger partial charge in [0.25, 0.3) is 0 Å². The van der Waals surface area contributed by atoms with Gasteiger partial charge in [0.05, 0.1) is 0 Å². The first-order valence-corrected chi connectivity index (χ1v) is 4.42. The number of rotatable bonds is 0. The predicted octanol–water partition coefficient (Wildman–Crippen LogP) is 0.269. The second-order valence-electron chi connectivity index (χ2n) is 1.61. The van der Waals surface area contributed by atoms with Crippen molar-refractivity contribution in [3.05, 3.63) is 0 Å². The Hall–Kier alpha value is 2.04. The predicted molar refractivity (Wildman–Crippen MR) is 40.6 cm³/mol. The van der Waals surface area contributed by atoms with E-state index in [-0.39, 0.29) is 59.1 Å². The standard InChI is InChI=1S/C2H4O6P2.2Na/c1-2(3)6-9(4)8-10(5)7-2;;/h3H,1H3;;/q+2;;. The number of aliphatic hydroxyl groups is 1. The molecule has 1 N–H and O–H groups in total. The summed E-state index contributed by atoms with van der Waals surface area (Å²) < 4.78 is 33.1. The molecular formula is C2H4Na2O6P2+2. The zero-order valence-corrected chi connectivity index (χ0v) is 12.7. The third kappa shape index (κ3) is 5.70. The summed E-state index contributed by atoms with van der Waals surface area (Å²) in [5.41, 5.74) is 0. The molecule has 1 rings (SSSR count). The van der Waals surface area contributed by atoms with Crippen LogP contribution in [-0.4, -0.2) is 70.2 Å². The Labute approximate surface area is 115 Å². The molecule has 1 aliphatic rings. The van der Waals surface area contributed by atoms with Crippen LogP contribution in [0.3, 0.4) is 0 Å². The molecule has 0 aromatic heterocycles. The first-order valence-electron chi connectivity index (χ1n) is 2.23. The van der Waals surface area contributed by atoms with Crippen molar-refractivity contribution < 1.29 is 27.6 Å². The summed E-state index contributed by atoms with van der Waals surface area (Å²) in [4.78, 5) is 0. The van der Waals surface area contributed by atoms with Gasteiger partial charge in [-0.1, -0.05) is 0 Å². The molecule has 0 aromatic rings. The largest absolute Gasteiger partial charge is 0.753 e. The average Bonchev–Trinajstić information content (AvgIpc) is 1.54. The van der Waals surface area contributed by atoms with Gasteiger partial charge in [0.2, 0.25) is 0 Å². The van der Waals surface area contributed by atoms with Crippen molar-refractivity contribution in [2.24, 2.45) is 0 Å². The topological polar surface area (TPSA) is 82.1 Å². The van der Waals surface area contributed by atoms with Gasteiger partial charge in [0.1, 0.15) is 0 Å². The van der Waals surface area contributed by atoms with Crippen LogP contribution in [0.25, 0.3) is 0 Å². The van der Waals surface area contributed by atoms with Gasteiger partial charge >= 0.3 is 22.5 Å². The van der Waals surface area contributed by atoms with Crippen LogP contribution in [0.15, 0.2) is 0 Å². The molecule has 10 heteroatoms. The third-order valence-corrected chi connectivity index (χ3v) is 2.66. The second kappa shape index (κ2) is 6.51. The summed E-state index contributed by atoms with van der Waals surface area (Å²) in [5, 5.41) is 8.82. The molecule has 1 fully saturated rings. The minimum absolute atomic E-state index is 0. The number of hydrogen-bond acceptors (Lipinski definition) is 6. The SMILES string of the molecule is CC1(O)O[P+](=O)O[P+](=O)O1.[Na].[Na]. The molecule has 0 aliphatic carbocycles. The van der Waals surface area contributed by atoms with Gasteiger partial charge in [-0.25, -0.2) is 0 Å². The fourth-order valence-electron chi connectivity index (χ4n) is 0.381. The maximum absolute atomic E-state index is 10.4. The van der Waals surface area contributed by atoms with Crippen LogP contribution >= 0.6 is 16.5 Å².